The molecule has 5 nitrogen and oxygen atoms in total. The Balaban J connectivity index is 1.49. The molecule has 172 valence electrons. The lowest BCUT2D eigenvalue weighted by Gasteiger charge is -2.29. The minimum absolute atomic E-state index is 0.00241. The van der Waals surface area contributed by atoms with Crippen molar-refractivity contribution in [2.75, 3.05) is 19.7 Å². The van der Waals surface area contributed by atoms with Gasteiger partial charge >= 0.3 is 0 Å². The largest absolute Gasteiger partial charge is 0.376 e. The molecule has 1 saturated heterocycles. The van der Waals surface area contributed by atoms with Gasteiger partial charge in [0.15, 0.2) is 0 Å². The van der Waals surface area contributed by atoms with E-state index in [0.29, 0.717) is 19.6 Å². The maximum absolute atomic E-state index is 13.5. The third-order valence-corrected chi connectivity index (χ3v) is 6.68. The smallest absolute Gasteiger partial charge is 0.242 e. The SMILES string of the molecule is O=C(CN(CC1CCCO1)C(=O)Cc1ccccc1)N(Cc1ccccc1)Cc1cccs1. The standard InChI is InChI=1S/C27H30N2O3S/c30-26(17-22-9-3-1-4-10-22)29(19-24-13-7-15-32-24)21-27(31)28(20-25-14-8-16-33-25)18-23-11-5-2-6-12-23/h1-6,8-12,14,16,24H,7,13,15,17-21H2. The average molecular weight is 463 g/mol. The first-order chi connectivity index (χ1) is 16.2. The molecule has 1 aliphatic rings. The van der Waals surface area contributed by atoms with Crippen molar-refractivity contribution in [2.24, 2.45) is 0 Å². The molecule has 33 heavy (non-hydrogen) atoms. The first-order valence-corrected chi connectivity index (χ1v) is 12.3. The lowest BCUT2D eigenvalue weighted by atomic mass is 10.1. The summed E-state index contributed by atoms with van der Waals surface area (Å²) in [7, 11) is 0. The van der Waals surface area contributed by atoms with Gasteiger partial charge < -0.3 is 14.5 Å². The molecular formula is C27H30N2O3S. The molecule has 2 aromatic carbocycles. The number of nitrogens with zero attached hydrogens (tertiary/aromatic N) is 2. The van der Waals surface area contributed by atoms with Crippen LogP contribution in [0.3, 0.4) is 0 Å². The van der Waals surface area contributed by atoms with Crippen LogP contribution >= 0.6 is 11.3 Å². The summed E-state index contributed by atoms with van der Waals surface area (Å²) in [5.41, 5.74) is 2.02. The fourth-order valence-corrected chi connectivity index (χ4v) is 4.78. The molecule has 1 atom stereocenters. The Labute approximate surface area is 199 Å². The second kappa shape index (κ2) is 11.8. The van der Waals surface area contributed by atoms with Crippen molar-refractivity contribution in [1.82, 2.24) is 9.80 Å². The highest BCUT2D eigenvalue weighted by Crippen LogP contribution is 2.17. The van der Waals surface area contributed by atoms with E-state index in [9.17, 15) is 9.59 Å². The Bertz CT molecular complexity index is 1000. The number of thiophene rings is 1. The highest BCUT2D eigenvalue weighted by molar-refractivity contribution is 7.09. The summed E-state index contributed by atoms with van der Waals surface area (Å²) in [5, 5.41) is 2.02. The molecule has 1 fully saturated rings. The van der Waals surface area contributed by atoms with Crippen LogP contribution in [0.1, 0.15) is 28.8 Å². The van der Waals surface area contributed by atoms with E-state index in [4.69, 9.17) is 4.74 Å². The Kier molecular flexibility index (Phi) is 8.28. The Morgan fingerprint density at radius 1 is 0.848 bits per heavy atom. The molecule has 0 aliphatic carbocycles. The predicted molar refractivity (Wildman–Crippen MR) is 131 cm³/mol. The first kappa shape index (κ1) is 23.2. The van der Waals surface area contributed by atoms with E-state index < -0.39 is 0 Å². The molecule has 1 aromatic heterocycles. The van der Waals surface area contributed by atoms with E-state index in [1.54, 1.807) is 16.2 Å². The molecule has 2 heterocycles. The predicted octanol–water partition coefficient (Wildman–Crippen LogP) is 4.53. The lowest BCUT2D eigenvalue weighted by Crippen LogP contribution is -2.45. The van der Waals surface area contributed by atoms with Crippen LogP contribution < -0.4 is 0 Å². The van der Waals surface area contributed by atoms with Crippen LogP contribution in [0.15, 0.2) is 78.2 Å². The van der Waals surface area contributed by atoms with Crippen molar-refractivity contribution in [3.05, 3.63) is 94.2 Å². The molecule has 4 rings (SSSR count). The number of carbonyl (C=O) groups excluding carboxylic acids is 2. The van der Waals surface area contributed by atoms with Gasteiger partial charge in [-0.3, -0.25) is 9.59 Å². The molecule has 1 unspecified atom stereocenters. The maximum atomic E-state index is 13.5. The van der Waals surface area contributed by atoms with Gasteiger partial charge in [-0.2, -0.15) is 0 Å². The van der Waals surface area contributed by atoms with Crippen molar-refractivity contribution in [3.8, 4) is 0 Å². The fraction of sp³-hybridized carbons (Fsp3) is 0.333. The molecule has 3 aromatic rings. The van der Waals surface area contributed by atoms with Gasteiger partial charge in [0.25, 0.3) is 0 Å². The van der Waals surface area contributed by atoms with Crippen LogP contribution in [0, 0.1) is 0 Å². The Morgan fingerprint density at radius 3 is 2.21 bits per heavy atom. The lowest BCUT2D eigenvalue weighted by molar-refractivity contribution is -0.142. The summed E-state index contributed by atoms with van der Waals surface area (Å²) in [6, 6.07) is 23.7. The van der Waals surface area contributed by atoms with Crippen LogP contribution in [-0.2, 0) is 33.8 Å². The average Bonchev–Trinajstić information content (AvgIpc) is 3.54. The fourth-order valence-electron chi connectivity index (χ4n) is 4.06. The minimum Gasteiger partial charge on any atom is -0.376 e. The molecule has 0 spiro atoms. The summed E-state index contributed by atoms with van der Waals surface area (Å²) in [6.45, 7) is 2.28. The monoisotopic (exact) mass is 462 g/mol. The molecule has 0 radical (unpaired) electrons. The van der Waals surface area contributed by atoms with E-state index in [1.807, 2.05) is 83.1 Å². The number of rotatable bonds is 10. The maximum Gasteiger partial charge on any atom is 0.242 e. The van der Waals surface area contributed by atoms with Gasteiger partial charge in [-0.05, 0) is 35.4 Å². The summed E-state index contributed by atoms with van der Waals surface area (Å²) in [4.78, 5) is 31.4. The molecule has 0 bridgehead atoms. The van der Waals surface area contributed by atoms with Gasteiger partial charge in [0.1, 0.15) is 0 Å². The van der Waals surface area contributed by atoms with Gasteiger partial charge in [0.05, 0.1) is 25.6 Å². The van der Waals surface area contributed by atoms with Crippen molar-refractivity contribution >= 4 is 23.2 Å². The summed E-state index contributed by atoms with van der Waals surface area (Å²) in [5.74, 6) is -0.0903. The molecular weight excluding hydrogens is 432 g/mol. The van der Waals surface area contributed by atoms with Crippen molar-refractivity contribution in [3.63, 3.8) is 0 Å². The second-order valence-corrected chi connectivity index (χ2v) is 9.42. The zero-order valence-electron chi connectivity index (χ0n) is 18.8. The second-order valence-electron chi connectivity index (χ2n) is 8.39. The third kappa shape index (κ3) is 7.01. The van der Waals surface area contributed by atoms with Crippen LogP contribution in [0.2, 0.25) is 0 Å². The van der Waals surface area contributed by atoms with E-state index in [1.165, 1.54) is 0 Å². The number of amides is 2. The number of carbonyl (C=O) groups is 2. The highest BCUT2D eigenvalue weighted by atomic mass is 32.1. The van der Waals surface area contributed by atoms with Crippen LogP contribution in [0.5, 0.6) is 0 Å². The van der Waals surface area contributed by atoms with Crippen LogP contribution in [0.25, 0.3) is 0 Å². The third-order valence-electron chi connectivity index (χ3n) is 5.82. The first-order valence-electron chi connectivity index (χ1n) is 11.4. The minimum atomic E-state index is -0.0494. The number of hydrogen-bond donors (Lipinski definition) is 0. The molecule has 0 saturated carbocycles. The van der Waals surface area contributed by atoms with E-state index in [0.717, 1.165) is 35.5 Å². The molecule has 6 heteroatoms. The number of ether oxygens (including phenoxy) is 1. The Morgan fingerprint density at radius 2 is 1.58 bits per heavy atom. The van der Waals surface area contributed by atoms with E-state index in [-0.39, 0.29) is 30.9 Å². The van der Waals surface area contributed by atoms with Crippen molar-refractivity contribution < 1.29 is 14.3 Å². The Hall–Kier alpha value is -2.96. The van der Waals surface area contributed by atoms with Gasteiger partial charge in [0, 0.05) is 24.6 Å². The van der Waals surface area contributed by atoms with Gasteiger partial charge in [-0.25, -0.2) is 0 Å². The highest BCUT2D eigenvalue weighted by Gasteiger charge is 2.26. The summed E-state index contributed by atoms with van der Waals surface area (Å²) in [6.07, 6.45) is 2.20. The van der Waals surface area contributed by atoms with Crippen molar-refractivity contribution in [1.29, 1.82) is 0 Å². The molecule has 1 aliphatic heterocycles. The number of benzene rings is 2. The molecule has 0 N–H and O–H groups in total. The van der Waals surface area contributed by atoms with Crippen molar-refractivity contribution in [2.45, 2.75) is 38.5 Å². The van der Waals surface area contributed by atoms with Crippen LogP contribution in [0.4, 0.5) is 0 Å². The summed E-state index contributed by atoms with van der Waals surface area (Å²) < 4.78 is 5.79. The zero-order chi connectivity index (χ0) is 22.9. The van der Waals surface area contributed by atoms with Gasteiger partial charge in [-0.1, -0.05) is 66.7 Å². The normalized spacial score (nSPS) is 15.3. The van der Waals surface area contributed by atoms with Gasteiger partial charge in [-0.15, -0.1) is 11.3 Å². The van der Waals surface area contributed by atoms with Gasteiger partial charge in [0.2, 0.25) is 11.8 Å². The summed E-state index contributed by atoms with van der Waals surface area (Å²) >= 11 is 1.64. The number of hydrogen-bond acceptors (Lipinski definition) is 4. The molecule has 2 amide bonds. The van der Waals surface area contributed by atoms with E-state index >= 15 is 0 Å². The quantitative estimate of drug-likeness (QED) is 0.445. The topological polar surface area (TPSA) is 49.9 Å². The zero-order valence-corrected chi connectivity index (χ0v) is 19.6. The van der Waals surface area contributed by atoms with E-state index in [2.05, 4.69) is 0 Å². The van der Waals surface area contributed by atoms with Crippen LogP contribution in [-0.4, -0.2) is 47.4 Å².